The summed E-state index contributed by atoms with van der Waals surface area (Å²) in [6, 6.07) is 7.22. The molecule has 0 unspecified atom stereocenters. The first kappa shape index (κ1) is 21.9. The van der Waals surface area contributed by atoms with Gasteiger partial charge in [-0.25, -0.2) is 9.37 Å². The van der Waals surface area contributed by atoms with Crippen LogP contribution in [-0.2, 0) is 11.0 Å². The number of hydrogen-bond donors (Lipinski definition) is 2. The maximum Gasteiger partial charge on any atom is 0.417 e. The first-order valence-electron chi connectivity index (χ1n) is 9.46. The highest BCUT2D eigenvalue weighted by molar-refractivity contribution is 6.08. The maximum absolute atomic E-state index is 14.8. The maximum atomic E-state index is 14.8. The van der Waals surface area contributed by atoms with Gasteiger partial charge in [-0.1, -0.05) is 6.07 Å². The summed E-state index contributed by atoms with van der Waals surface area (Å²) < 4.78 is 52.8. The van der Waals surface area contributed by atoms with E-state index in [-0.39, 0.29) is 11.3 Å². The molecule has 0 saturated carbocycles. The Bertz CT molecular complexity index is 1410. The molecule has 166 valence electrons. The number of carbonyl (C=O) groups excluding carboxylic acids is 2. The predicted octanol–water partition coefficient (Wildman–Crippen LogP) is 4.51. The lowest BCUT2D eigenvalue weighted by Crippen LogP contribution is -2.10. The van der Waals surface area contributed by atoms with Crippen molar-refractivity contribution in [3.05, 3.63) is 89.3 Å². The zero-order valence-electron chi connectivity index (χ0n) is 16.7. The normalized spacial score (nSPS) is 11.9. The molecule has 0 saturated heterocycles. The topological polar surface area (TPSA) is 102 Å². The molecule has 1 amide bonds. The molecule has 1 aromatic carbocycles. The van der Waals surface area contributed by atoms with Gasteiger partial charge in [-0.3, -0.25) is 14.6 Å². The highest BCUT2D eigenvalue weighted by Gasteiger charge is 2.31. The number of nitrogens with one attached hydrogen (secondary N) is 1. The molecule has 0 radical (unpaired) electrons. The Morgan fingerprint density at radius 3 is 2.42 bits per heavy atom. The highest BCUT2D eigenvalue weighted by atomic mass is 19.4. The van der Waals surface area contributed by atoms with E-state index in [1.807, 2.05) is 0 Å². The quantitative estimate of drug-likeness (QED) is 0.263. The third-order valence-electron chi connectivity index (χ3n) is 4.86. The summed E-state index contributed by atoms with van der Waals surface area (Å²) in [7, 11) is 0. The van der Waals surface area contributed by atoms with E-state index in [0.717, 1.165) is 12.1 Å². The molecule has 6 nitrogen and oxygen atoms in total. The molecule has 0 atom stereocenters. The zero-order valence-corrected chi connectivity index (χ0v) is 16.7. The second-order valence-electron chi connectivity index (χ2n) is 7.05. The minimum atomic E-state index is -4.59. The molecule has 0 aliphatic rings. The van der Waals surface area contributed by atoms with E-state index < -0.39 is 29.2 Å². The molecule has 10 heteroatoms. The molecule has 0 aliphatic carbocycles. The largest absolute Gasteiger partial charge is 0.417 e. The summed E-state index contributed by atoms with van der Waals surface area (Å²) in [5.41, 5.74) is 5.64. The van der Waals surface area contributed by atoms with Gasteiger partial charge in [0.15, 0.2) is 0 Å². The Morgan fingerprint density at radius 2 is 1.79 bits per heavy atom. The second-order valence-corrected chi connectivity index (χ2v) is 7.05. The van der Waals surface area contributed by atoms with Gasteiger partial charge in [0.05, 0.1) is 11.1 Å². The number of fused-ring (bicyclic) bond motifs is 1. The van der Waals surface area contributed by atoms with Gasteiger partial charge in [-0.05, 0) is 42.0 Å². The van der Waals surface area contributed by atoms with Crippen LogP contribution in [0.5, 0.6) is 0 Å². The van der Waals surface area contributed by atoms with Gasteiger partial charge in [0.25, 0.3) is 0 Å². The van der Waals surface area contributed by atoms with Gasteiger partial charge in [0.2, 0.25) is 11.7 Å². The van der Waals surface area contributed by atoms with Crippen LogP contribution in [0.4, 0.5) is 17.6 Å². The number of alkyl halides is 3. The van der Waals surface area contributed by atoms with Crippen LogP contribution in [-0.4, -0.2) is 26.6 Å². The van der Waals surface area contributed by atoms with Crippen LogP contribution in [0.2, 0.25) is 0 Å². The van der Waals surface area contributed by atoms with Crippen molar-refractivity contribution in [3.8, 4) is 11.1 Å². The second kappa shape index (κ2) is 8.30. The van der Waals surface area contributed by atoms with Gasteiger partial charge in [0.1, 0.15) is 17.2 Å². The number of halogens is 4. The number of nitrogens with two attached hydrogens (primary N) is 1. The van der Waals surface area contributed by atoms with Crippen molar-refractivity contribution < 1.29 is 27.2 Å². The monoisotopic (exact) mass is 454 g/mol. The third-order valence-corrected chi connectivity index (χ3v) is 4.86. The number of H-pyrrole nitrogens is 1. The molecule has 3 aromatic heterocycles. The van der Waals surface area contributed by atoms with Crippen molar-refractivity contribution in [1.29, 1.82) is 0 Å². The summed E-state index contributed by atoms with van der Waals surface area (Å²) >= 11 is 0. The summed E-state index contributed by atoms with van der Waals surface area (Å²) in [5, 5.41) is 0.666. The number of primary amides is 1. The molecule has 3 N–H and O–H groups in total. The number of benzene rings is 1. The number of amides is 1. The van der Waals surface area contributed by atoms with E-state index >= 15 is 0 Å². The van der Waals surface area contributed by atoms with Gasteiger partial charge in [0, 0.05) is 41.2 Å². The number of rotatable bonds is 5. The number of nitrogens with zero attached hydrogens (tertiary/aromatic N) is 2. The summed E-state index contributed by atoms with van der Waals surface area (Å²) in [6.07, 6.45) is 1.80. The lowest BCUT2D eigenvalue weighted by Gasteiger charge is -2.08. The van der Waals surface area contributed by atoms with Crippen LogP contribution < -0.4 is 5.73 Å². The number of hydrogen-bond acceptors (Lipinski definition) is 4. The predicted molar refractivity (Wildman–Crippen MR) is 112 cm³/mol. The Hall–Kier alpha value is -4.34. The van der Waals surface area contributed by atoms with Gasteiger partial charge in [-0.2, -0.15) is 13.2 Å². The Balaban J connectivity index is 1.65. The number of aromatic amines is 1. The number of aromatic nitrogens is 3. The molecule has 4 rings (SSSR count). The standard InChI is InChI=1S/C23H14F4N4O2/c24-18-8-12(14-7-17-13(2-6-20(28)32)9-30-22(17)31-10-14)1-4-16(18)21(33)19-5-3-15(11-29-19)23(25,26)27/h1-11H,(H2,28,32)(H,30,31)/b6-2+. The van der Waals surface area contributed by atoms with Crippen molar-refractivity contribution in [2.75, 3.05) is 0 Å². The summed E-state index contributed by atoms with van der Waals surface area (Å²) in [5.74, 6) is -2.31. The van der Waals surface area contributed by atoms with Gasteiger partial charge >= 0.3 is 6.18 Å². The molecule has 4 aromatic rings. The average molecular weight is 454 g/mol. The number of ketones is 1. The Morgan fingerprint density at radius 1 is 1.00 bits per heavy atom. The van der Waals surface area contributed by atoms with E-state index in [0.29, 0.717) is 40.0 Å². The first-order chi connectivity index (χ1) is 15.6. The molecule has 0 bridgehead atoms. The van der Waals surface area contributed by atoms with Crippen LogP contribution in [0.25, 0.3) is 28.2 Å². The fraction of sp³-hybridized carbons (Fsp3) is 0.0435. The van der Waals surface area contributed by atoms with E-state index in [4.69, 9.17) is 5.73 Å². The minimum absolute atomic E-state index is 0.309. The van der Waals surface area contributed by atoms with E-state index in [1.165, 1.54) is 30.5 Å². The molecular formula is C23H14F4N4O2. The molecule has 33 heavy (non-hydrogen) atoms. The van der Waals surface area contributed by atoms with E-state index in [1.54, 1.807) is 12.3 Å². The first-order valence-corrected chi connectivity index (χ1v) is 9.46. The van der Waals surface area contributed by atoms with E-state index in [2.05, 4.69) is 15.0 Å². The lowest BCUT2D eigenvalue weighted by atomic mass is 10.0. The lowest BCUT2D eigenvalue weighted by molar-refractivity contribution is -0.137. The molecular weight excluding hydrogens is 440 g/mol. The van der Waals surface area contributed by atoms with Crippen molar-refractivity contribution in [3.63, 3.8) is 0 Å². The Kier molecular flexibility index (Phi) is 5.50. The van der Waals surface area contributed by atoms with Gasteiger partial charge < -0.3 is 10.7 Å². The number of pyridine rings is 2. The van der Waals surface area contributed by atoms with Crippen LogP contribution in [0.1, 0.15) is 27.2 Å². The zero-order chi connectivity index (χ0) is 23.8. The number of carbonyl (C=O) groups is 2. The summed E-state index contributed by atoms with van der Waals surface area (Å²) in [4.78, 5) is 34.3. The van der Waals surface area contributed by atoms with Crippen molar-refractivity contribution in [2.24, 2.45) is 5.73 Å². The summed E-state index contributed by atoms with van der Waals surface area (Å²) in [6.45, 7) is 0. The molecule has 0 fully saturated rings. The fourth-order valence-corrected chi connectivity index (χ4v) is 3.20. The smallest absolute Gasteiger partial charge is 0.366 e. The van der Waals surface area contributed by atoms with Crippen molar-refractivity contribution in [1.82, 2.24) is 15.0 Å². The molecule has 0 spiro atoms. The van der Waals surface area contributed by atoms with Gasteiger partial charge in [-0.15, -0.1) is 0 Å². The van der Waals surface area contributed by atoms with Crippen LogP contribution in [0, 0.1) is 5.82 Å². The SMILES string of the molecule is NC(=O)/C=C/c1c[nH]c2ncc(-c3ccc(C(=O)c4ccc(C(F)(F)F)cn4)c(F)c3)cc12. The van der Waals surface area contributed by atoms with Crippen LogP contribution in [0.15, 0.2) is 61.1 Å². The highest BCUT2D eigenvalue weighted by Crippen LogP contribution is 2.30. The molecule has 3 heterocycles. The Labute approximate surface area is 183 Å². The van der Waals surface area contributed by atoms with Crippen molar-refractivity contribution in [2.45, 2.75) is 6.18 Å². The molecule has 0 aliphatic heterocycles. The van der Waals surface area contributed by atoms with E-state index in [9.17, 15) is 27.2 Å². The third kappa shape index (κ3) is 4.49. The van der Waals surface area contributed by atoms with Crippen molar-refractivity contribution >= 4 is 28.8 Å². The van der Waals surface area contributed by atoms with Crippen LogP contribution in [0.3, 0.4) is 0 Å². The minimum Gasteiger partial charge on any atom is -0.366 e. The van der Waals surface area contributed by atoms with Crippen LogP contribution >= 0.6 is 0 Å². The average Bonchev–Trinajstić information content (AvgIpc) is 3.19. The fourth-order valence-electron chi connectivity index (χ4n) is 3.20.